The maximum Gasteiger partial charge on any atom is 0.260 e. The lowest BCUT2D eigenvalue weighted by Gasteiger charge is -2.34. The van der Waals surface area contributed by atoms with Gasteiger partial charge in [0, 0.05) is 33.1 Å². The van der Waals surface area contributed by atoms with Gasteiger partial charge in [-0.1, -0.05) is 12.1 Å². The van der Waals surface area contributed by atoms with Crippen molar-refractivity contribution in [3.63, 3.8) is 0 Å². The Balaban J connectivity index is 1.82. The summed E-state index contributed by atoms with van der Waals surface area (Å²) < 4.78 is 18.5. The molecular weight excluding hydrogens is 263 g/mol. The van der Waals surface area contributed by atoms with Gasteiger partial charge in [-0.3, -0.25) is 9.59 Å². The van der Waals surface area contributed by atoms with Crippen LogP contribution in [0.5, 0.6) is 5.75 Å². The molecule has 0 saturated carbocycles. The standard InChI is InChI=1S/C14H17FN2O3/c1-11(18)16-6-8-17(9-7-16)14(19)10-20-13-5-3-2-4-12(13)15/h2-5H,6-10H2,1H3. The summed E-state index contributed by atoms with van der Waals surface area (Å²) in [5.41, 5.74) is 0. The summed E-state index contributed by atoms with van der Waals surface area (Å²) in [7, 11) is 0. The van der Waals surface area contributed by atoms with Gasteiger partial charge < -0.3 is 14.5 Å². The van der Waals surface area contributed by atoms with E-state index < -0.39 is 5.82 Å². The molecule has 0 aliphatic carbocycles. The number of ether oxygens (including phenoxy) is 1. The molecule has 0 radical (unpaired) electrons. The van der Waals surface area contributed by atoms with Crippen molar-refractivity contribution in [2.24, 2.45) is 0 Å². The second-order valence-corrected chi connectivity index (χ2v) is 4.61. The SMILES string of the molecule is CC(=O)N1CCN(C(=O)COc2ccccc2F)CC1. The Hall–Kier alpha value is -2.11. The van der Waals surface area contributed by atoms with Gasteiger partial charge in [-0.25, -0.2) is 4.39 Å². The third-order valence-corrected chi connectivity index (χ3v) is 3.27. The summed E-state index contributed by atoms with van der Waals surface area (Å²) in [4.78, 5) is 26.4. The van der Waals surface area contributed by atoms with Crippen LogP contribution in [-0.2, 0) is 9.59 Å². The first-order valence-electron chi connectivity index (χ1n) is 6.48. The fourth-order valence-electron chi connectivity index (χ4n) is 2.06. The first kappa shape index (κ1) is 14.3. The van der Waals surface area contributed by atoms with Crippen LogP contribution in [0.15, 0.2) is 24.3 Å². The molecule has 0 spiro atoms. The van der Waals surface area contributed by atoms with E-state index in [1.807, 2.05) is 0 Å². The van der Waals surface area contributed by atoms with Gasteiger partial charge in [0.05, 0.1) is 0 Å². The summed E-state index contributed by atoms with van der Waals surface area (Å²) >= 11 is 0. The largest absolute Gasteiger partial charge is 0.481 e. The third kappa shape index (κ3) is 3.46. The molecule has 0 bridgehead atoms. The minimum absolute atomic E-state index is 0.0136. The Morgan fingerprint density at radius 1 is 1.15 bits per heavy atom. The number of nitrogens with zero attached hydrogens (tertiary/aromatic N) is 2. The summed E-state index contributed by atoms with van der Waals surface area (Å²) in [6, 6.07) is 5.97. The van der Waals surface area contributed by atoms with E-state index in [2.05, 4.69) is 0 Å². The molecule has 1 aliphatic rings. The highest BCUT2D eigenvalue weighted by atomic mass is 19.1. The number of hydrogen-bond acceptors (Lipinski definition) is 3. The van der Waals surface area contributed by atoms with Crippen molar-refractivity contribution in [3.05, 3.63) is 30.1 Å². The van der Waals surface area contributed by atoms with Crippen molar-refractivity contribution < 1.29 is 18.7 Å². The lowest BCUT2D eigenvalue weighted by Crippen LogP contribution is -2.51. The van der Waals surface area contributed by atoms with Gasteiger partial charge in [-0.05, 0) is 12.1 Å². The van der Waals surface area contributed by atoms with Gasteiger partial charge in [0.25, 0.3) is 5.91 Å². The Bertz CT molecular complexity index is 499. The van der Waals surface area contributed by atoms with Crippen LogP contribution in [0.1, 0.15) is 6.92 Å². The van der Waals surface area contributed by atoms with E-state index in [-0.39, 0.29) is 24.2 Å². The zero-order valence-corrected chi connectivity index (χ0v) is 11.3. The maximum absolute atomic E-state index is 13.3. The number of hydrogen-bond donors (Lipinski definition) is 0. The fourth-order valence-corrected chi connectivity index (χ4v) is 2.06. The molecule has 20 heavy (non-hydrogen) atoms. The van der Waals surface area contributed by atoms with Crippen LogP contribution >= 0.6 is 0 Å². The number of rotatable bonds is 3. The van der Waals surface area contributed by atoms with E-state index in [0.29, 0.717) is 26.2 Å². The average molecular weight is 280 g/mol. The van der Waals surface area contributed by atoms with Crippen LogP contribution < -0.4 is 4.74 Å². The van der Waals surface area contributed by atoms with Crippen molar-refractivity contribution in [3.8, 4) is 5.75 Å². The molecule has 2 rings (SSSR count). The molecule has 1 aromatic rings. The van der Waals surface area contributed by atoms with E-state index in [1.165, 1.54) is 19.1 Å². The molecule has 0 N–H and O–H groups in total. The van der Waals surface area contributed by atoms with Crippen LogP contribution in [0.2, 0.25) is 0 Å². The number of amides is 2. The Kier molecular flexibility index (Phi) is 4.55. The van der Waals surface area contributed by atoms with Crippen molar-refractivity contribution in [2.75, 3.05) is 32.8 Å². The number of benzene rings is 1. The van der Waals surface area contributed by atoms with E-state index in [4.69, 9.17) is 4.74 Å². The highest BCUT2D eigenvalue weighted by Gasteiger charge is 2.22. The number of carbonyl (C=O) groups is 2. The predicted molar refractivity (Wildman–Crippen MR) is 70.7 cm³/mol. The van der Waals surface area contributed by atoms with Crippen molar-refractivity contribution in [2.45, 2.75) is 6.92 Å². The van der Waals surface area contributed by atoms with Gasteiger partial charge in [0.1, 0.15) is 0 Å². The van der Waals surface area contributed by atoms with E-state index in [1.54, 1.807) is 21.9 Å². The van der Waals surface area contributed by atoms with Gasteiger partial charge in [0.15, 0.2) is 18.2 Å². The number of para-hydroxylation sites is 1. The Labute approximate surface area is 116 Å². The first-order chi connectivity index (χ1) is 9.58. The van der Waals surface area contributed by atoms with Crippen LogP contribution in [-0.4, -0.2) is 54.4 Å². The van der Waals surface area contributed by atoms with Crippen molar-refractivity contribution in [1.29, 1.82) is 0 Å². The molecule has 1 heterocycles. The molecule has 1 fully saturated rings. The van der Waals surface area contributed by atoms with Crippen LogP contribution in [0.3, 0.4) is 0 Å². The number of carbonyl (C=O) groups excluding carboxylic acids is 2. The zero-order chi connectivity index (χ0) is 14.5. The maximum atomic E-state index is 13.3. The average Bonchev–Trinajstić information content (AvgIpc) is 2.46. The Morgan fingerprint density at radius 2 is 1.75 bits per heavy atom. The minimum Gasteiger partial charge on any atom is -0.481 e. The van der Waals surface area contributed by atoms with E-state index >= 15 is 0 Å². The molecule has 0 aromatic heterocycles. The van der Waals surface area contributed by atoms with Crippen LogP contribution in [0.4, 0.5) is 4.39 Å². The lowest BCUT2D eigenvalue weighted by atomic mass is 10.3. The van der Waals surface area contributed by atoms with E-state index in [9.17, 15) is 14.0 Å². The summed E-state index contributed by atoms with van der Waals surface area (Å²) in [6.07, 6.45) is 0. The number of halogens is 1. The topological polar surface area (TPSA) is 49.9 Å². The molecule has 0 atom stereocenters. The van der Waals surface area contributed by atoms with Crippen LogP contribution in [0, 0.1) is 5.82 Å². The van der Waals surface area contributed by atoms with E-state index in [0.717, 1.165) is 0 Å². The highest BCUT2D eigenvalue weighted by Crippen LogP contribution is 2.15. The molecule has 108 valence electrons. The second kappa shape index (κ2) is 6.36. The van der Waals surface area contributed by atoms with Gasteiger partial charge in [0.2, 0.25) is 5.91 Å². The van der Waals surface area contributed by atoms with Crippen LogP contribution in [0.25, 0.3) is 0 Å². The zero-order valence-electron chi connectivity index (χ0n) is 11.3. The predicted octanol–water partition coefficient (Wildman–Crippen LogP) is 0.895. The van der Waals surface area contributed by atoms with Crippen molar-refractivity contribution >= 4 is 11.8 Å². The highest BCUT2D eigenvalue weighted by molar-refractivity contribution is 5.78. The molecule has 1 aromatic carbocycles. The fraction of sp³-hybridized carbons (Fsp3) is 0.429. The third-order valence-electron chi connectivity index (χ3n) is 3.27. The summed E-state index contributed by atoms with van der Waals surface area (Å²) in [5.74, 6) is -0.596. The second-order valence-electron chi connectivity index (χ2n) is 4.61. The molecule has 1 saturated heterocycles. The lowest BCUT2D eigenvalue weighted by molar-refractivity contribution is -0.139. The molecule has 6 heteroatoms. The molecular formula is C14H17FN2O3. The number of piperazine rings is 1. The van der Waals surface area contributed by atoms with Gasteiger partial charge in [-0.15, -0.1) is 0 Å². The van der Waals surface area contributed by atoms with Gasteiger partial charge >= 0.3 is 0 Å². The quantitative estimate of drug-likeness (QED) is 0.826. The minimum atomic E-state index is -0.485. The molecule has 5 nitrogen and oxygen atoms in total. The molecule has 2 amide bonds. The molecule has 1 aliphatic heterocycles. The monoisotopic (exact) mass is 280 g/mol. The summed E-state index contributed by atoms with van der Waals surface area (Å²) in [5, 5.41) is 0. The van der Waals surface area contributed by atoms with Crippen molar-refractivity contribution in [1.82, 2.24) is 9.80 Å². The normalized spacial score (nSPS) is 15.1. The van der Waals surface area contributed by atoms with Gasteiger partial charge in [-0.2, -0.15) is 0 Å². The first-order valence-corrected chi connectivity index (χ1v) is 6.48. The Morgan fingerprint density at radius 3 is 2.35 bits per heavy atom. The molecule has 0 unspecified atom stereocenters. The smallest absolute Gasteiger partial charge is 0.260 e. The summed E-state index contributed by atoms with van der Waals surface area (Å²) in [6.45, 7) is 3.35.